The van der Waals surface area contributed by atoms with Gasteiger partial charge in [0, 0.05) is 33.2 Å². The molecule has 2 heterocycles. The van der Waals surface area contributed by atoms with Crippen LogP contribution in [0.2, 0.25) is 0 Å². The second kappa shape index (κ2) is 5.95. The van der Waals surface area contributed by atoms with Gasteiger partial charge in [0.05, 0.1) is 0 Å². The van der Waals surface area contributed by atoms with Crippen molar-refractivity contribution in [1.29, 1.82) is 0 Å². The largest absolute Gasteiger partial charge is 0.313 e. The first-order valence-corrected chi connectivity index (χ1v) is 7.62. The monoisotopic (exact) mass is 324 g/mol. The van der Waals surface area contributed by atoms with Crippen LogP contribution in [0.25, 0.3) is 0 Å². The molecule has 2 nitrogen and oxygen atoms in total. The number of likely N-dealkylation sites (N-methyl/N-ethyl adjacent to an activating group) is 1. The highest BCUT2D eigenvalue weighted by molar-refractivity contribution is 9.10. The Labute approximate surface area is 121 Å². The lowest BCUT2D eigenvalue weighted by Gasteiger charge is -2.18. The van der Waals surface area contributed by atoms with E-state index in [2.05, 4.69) is 56.7 Å². The van der Waals surface area contributed by atoms with Crippen molar-refractivity contribution in [2.75, 3.05) is 7.05 Å². The second-order valence-electron chi connectivity index (χ2n) is 4.36. The Bertz CT molecular complexity index is 536. The number of halogens is 1. The zero-order valence-corrected chi connectivity index (χ0v) is 13.2. The molecule has 0 radical (unpaired) electrons. The number of pyridine rings is 1. The quantitative estimate of drug-likeness (QED) is 0.918. The number of rotatable bonds is 4. The standard InChI is InChI=1S/C14H17BrN2S/c1-9-4-5-11(10(2)17-9)13(16-3)8-14-12(15)6-7-18-14/h4-7,13,16H,8H2,1-3H3. The normalized spacial score (nSPS) is 12.7. The Balaban J connectivity index is 2.26. The van der Waals surface area contributed by atoms with Gasteiger partial charge in [-0.2, -0.15) is 0 Å². The maximum Gasteiger partial charge on any atom is 0.0423 e. The lowest BCUT2D eigenvalue weighted by molar-refractivity contribution is 0.589. The minimum atomic E-state index is 0.313. The Morgan fingerprint density at radius 1 is 1.33 bits per heavy atom. The van der Waals surface area contributed by atoms with Crippen molar-refractivity contribution in [2.24, 2.45) is 0 Å². The molecule has 0 aromatic carbocycles. The third-order valence-corrected chi connectivity index (χ3v) is 5.02. The molecule has 0 spiro atoms. The van der Waals surface area contributed by atoms with E-state index in [0.717, 1.165) is 17.8 Å². The fourth-order valence-corrected chi connectivity index (χ4v) is 3.65. The molecule has 0 aliphatic carbocycles. The van der Waals surface area contributed by atoms with Gasteiger partial charge in [-0.3, -0.25) is 4.98 Å². The number of aryl methyl sites for hydroxylation is 2. The maximum absolute atomic E-state index is 4.55. The van der Waals surface area contributed by atoms with E-state index in [1.807, 2.05) is 14.0 Å². The molecule has 96 valence electrons. The predicted molar refractivity (Wildman–Crippen MR) is 81.2 cm³/mol. The molecule has 2 aromatic rings. The average molecular weight is 325 g/mol. The van der Waals surface area contributed by atoms with Gasteiger partial charge >= 0.3 is 0 Å². The van der Waals surface area contributed by atoms with Gasteiger partial charge in [0.1, 0.15) is 0 Å². The zero-order chi connectivity index (χ0) is 13.1. The first kappa shape index (κ1) is 13.7. The van der Waals surface area contributed by atoms with Crippen LogP contribution in [0, 0.1) is 13.8 Å². The number of thiophene rings is 1. The molecule has 0 amide bonds. The summed E-state index contributed by atoms with van der Waals surface area (Å²) in [5.74, 6) is 0. The van der Waals surface area contributed by atoms with Crippen molar-refractivity contribution in [2.45, 2.75) is 26.3 Å². The number of nitrogens with zero attached hydrogens (tertiary/aromatic N) is 1. The highest BCUT2D eigenvalue weighted by Crippen LogP contribution is 2.28. The summed E-state index contributed by atoms with van der Waals surface area (Å²) in [6.07, 6.45) is 0.986. The van der Waals surface area contributed by atoms with Crippen LogP contribution < -0.4 is 5.32 Å². The highest BCUT2D eigenvalue weighted by Gasteiger charge is 2.15. The summed E-state index contributed by atoms with van der Waals surface area (Å²) in [4.78, 5) is 5.92. The van der Waals surface area contributed by atoms with Crippen molar-refractivity contribution in [3.05, 3.63) is 49.9 Å². The van der Waals surface area contributed by atoms with Crippen molar-refractivity contribution < 1.29 is 0 Å². The van der Waals surface area contributed by atoms with Gasteiger partial charge in [0.2, 0.25) is 0 Å². The summed E-state index contributed by atoms with van der Waals surface area (Å²) in [7, 11) is 2.01. The maximum atomic E-state index is 4.55. The molecule has 1 unspecified atom stereocenters. The van der Waals surface area contributed by atoms with Crippen LogP contribution in [0.3, 0.4) is 0 Å². The van der Waals surface area contributed by atoms with E-state index in [0.29, 0.717) is 6.04 Å². The van der Waals surface area contributed by atoms with E-state index >= 15 is 0 Å². The Hall–Kier alpha value is -0.710. The fraction of sp³-hybridized carbons (Fsp3) is 0.357. The summed E-state index contributed by atoms with van der Waals surface area (Å²) in [6.45, 7) is 4.11. The number of aromatic nitrogens is 1. The highest BCUT2D eigenvalue weighted by atomic mass is 79.9. The van der Waals surface area contributed by atoms with E-state index in [1.165, 1.54) is 14.9 Å². The Morgan fingerprint density at radius 3 is 2.67 bits per heavy atom. The van der Waals surface area contributed by atoms with Gasteiger partial charge in [-0.1, -0.05) is 6.07 Å². The van der Waals surface area contributed by atoms with Crippen LogP contribution in [0.15, 0.2) is 28.1 Å². The molecular formula is C14H17BrN2S. The Morgan fingerprint density at radius 2 is 2.11 bits per heavy atom. The third kappa shape index (κ3) is 2.99. The lowest BCUT2D eigenvalue weighted by atomic mass is 10.0. The van der Waals surface area contributed by atoms with Crippen LogP contribution >= 0.6 is 27.3 Å². The van der Waals surface area contributed by atoms with Crippen LogP contribution in [0.5, 0.6) is 0 Å². The van der Waals surface area contributed by atoms with Crippen LogP contribution in [0.1, 0.15) is 27.9 Å². The average Bonchev–Trinajstić information content (AvgIpc) is 2.73. The van der Waals surface area contributed by atoms with Crippen molar-refractivity contribution in [3.8, 4) is 0 Å². The third-order valence-electron chi connectivity index (χ3n) is 3.07. The van der Waals surface area contributed by atoms with Crippen molar-refractivity contribution in [3.63, 3.8) is 0 Å². The fourth-order valence-electron chi connectivity index (χ4n) is 2.09. The van der Waals surface area contributed by atoms with Gasteiger partial charge in [0.25, 0.3) is 0 Å². The Kier molecular flexibility index (Phi) is 4.54. The molecule has 2 rings (SSSR count). The number of hydrogen-bond donors (Lipinski definition) is 1. The van der Waals surface area contributed by atoms with E-state index < -0.39 is 0 Å². The zero-order valence-electron chi connectivity index (χ0n) is 10.8. The molecule has 0 aliphatic rings. The van der Waals surface area contributed by atoms with Crippen molar-refractivity contribution >= 4 is 27.3 Å². The van der Waals surface area contributed by atoms with Crippen molar-refractivity contribution in [1.82, 2.24) is 10.3 Å². The molecule has 1 atom stereocenters. The second-order valence-corrected chi connectivity index (χ2v) is 6.22. The van der Waals surface area contributed by atoms with E-state index in [-0.39, 0.29) is 0 Å². The van der Waals surface area contributed by atoms with Gasteiger partial charge in [-0.25, -0.2) is 0 Å². The molecular weight excluding hydrogens is 308 g/mol. The number of nitrogens with one attached hydrogen (secondary N) is 1. The molecule has 0 fully saturated rings. The molecule has 2 aromatic heterocycles. The summed E-state index contributed by atoms with van der Waals surface area (Å²) >= 11 is 5.38. The van der Waals surface area contributed by atoms with E-state index in [9.17, 15) is 0 Å². The summed E-state index contributed by atoms with van der Waals surface area (Å²) in [6, 6.07) is 6.68. The smallest absolute Gasteiger partial charge is 0.0423 e. The summed E-state index contributed by atoms with van der Waals surface area (Å²) in [5, 5.41) is 5.51. The van der Waals surface area contributed by atoms with E-state index in [4.69, 9.17) is 0 Å². The summed E-state index contributed by atoms with van der Waals surface area (Å²) < 4.78 is 1.20. The molecule has 0 saturated heterocycles. The SMILES string of the molecule is CNC(Cc1sccc1Br)c1ccc(C)nc1C. The van der Waals surface area contributed by atoms with Gasteiger partial charge < -0.3 is 5.32 Å². The van der Waals surface area contributed by atoms with Gasteiger partial charge in [0.15, 0.2) is 0 Å². The van der Waals surface area contributed by atoms with Gasteiger partial charge in [-0.15, -0.1) is 11.3 Å². The predicted octanol–water partition coefficient (Wildman–Crippen LogP) is 4.03. The molecule has 0 saturated carbocycles. The molecule has 1 N–H and O–H groups in total. The molecule has 0 aliphatic heterocycles. The number of hydrogen-bond acceptors (Lipinski definition) is 3. The lowest BCUT2D eigenvalue weighted by Crippen LogP contribution is -2.20. The van der Waals surface area contributed by atoms with Crippen LogP contribution in [0.4, 0.5) is 0 Å². The van der Waals surface area contributed by atoms with Gasteiger partial charge in [-0.05, 0) is 59.9 Å². The topological polar surface area (TPSA) is 24.9 Å². The van der Waals surface area contributed by atoms with E-state index in [1.54, 1.807) is 11.3 Å². The first-order valence-electron chi connectivity index (χ1n) is 5.95. The minimum Gasteiger partial charge on any atom is -0.313 e. The minimum absolute atomic E-state index is 0.313. The summed E-state index contributed by atoms with van der Waals surface area (Å²) in [5.41, 5.74) is 3.47. The molecule has 18 heavy (non-hydrogen) atoms. The van der Waals surface area contributed by atoms with Crippen LogP contribution in [-0.4, -0.2) is 12.0 Å². The van der Waals surface area contributed by atoms with Crippen LogP contribution in [-0.2, 0) is 6.42 Å². The molecule has 0 bridgehead atoms. The molecule has 4 heteroatoms. The first-order chi connectivity index (χ1) is 8.61.